The van der Waals surface area contributed by atoms with Crippen molar-refractivity contribution in [2.45, 2.75) is 17.6 Å². The van der Waals surface area contributed by atoms with Gasteiger partial charge in [-0.1, -0.05) is 42.1 Å². The summed E-state index contributed by atoms with van der Waals surface area (Å²) in [5, 5.41) is 5.24. The molecule has 0 bridgehead atoms. The molecule has 0 radical (unpaired) electrons. The van der Waals surface area contributed by atoms with E-state index < -0.39 is 23.4 Å². The van der Waals surface area contributed by atoms with E-state index in [0.717, 1.165) is 0 Å². The van der Waals surface area contributed by atoms with Crippen molar-refractivity contribution in [3.8, 4) is 0 Å². The van der Waals surface area contributed by atoms with Gasteiger partial charge in [0.15, 0.2) is 0 Å². The zero-order chi connectivity index (χ0) is 21.7. The van der Waals surface area contributed by atoms with E-state index in [2.05, 4.69) is 10.6 Å². The molecule has 0 aliphatic heterocycles. The molecule has 2 amide bonds. The molecule has 3 rings (SSSR count). The standard InChI is InChI=1S/C22H17F3N2O2S/c1-13-6-4-10-17(19(13)27-20(28)16-9-2-3-11-18(16)23)21(29)26-14-7-5-8-15(12-14)30-22(24)25/h2-12,22H,1H3,(H,26,29)(H,27,28). The monoisotopic (exact) mass is 430 g/mol. The van der Waals surface area contributed by atoms with Gasteiger partial charge in [0.1, 0.15) is 5.82 Å². The highest BCUT2D eigenvalue weighted by molar-refractivity contribution is 7.99. The molecular weight excluding hydrogens is 413 g/mol. The lowest BCUT2D eigenvalue weighted by molar-refractivity contribution is 0.102. The van der Waals surface area contributed by atoms with Crippen LogP contribution in [0.15, 0.2) is 71.6 Å². The van der Waals surface area contributed by atoms with Gasteiger partial charge >= 0.3 is 0 Å². The molecule has 8 heteroatoms. The number of hydrogen-bond acceptors (Lipinski definition) is 3. The van der Waals surface area contributed by atoms with Crippen LogP contribution < -0.4 is 10.6 Å². The number of thioether (sulfide) groups is 1. The van der Waals surface area contributed by atoms with E-state index >= 15 is 0 Å². The minimum atomic E-state index is -2.58. The average Bonchev–Trinajstić information content (AvgIpc) is 2.69. The minimum Gasteiger partial charge on any atom is -0.322 e. The Morgan fingerprint density at radius 2 is 1.53 bits per heavy atom. The molecule has 154 valence electrons. The second-order valence-electron chi connectivity index (χ2n) is 6.29. The summed E-state index contributed by atoms with van der Waals surface area (Å²) < 4.78 is 39.1. The molecule has 0 unspecified atom stereocenters. The number of benzene rings is 3. The van der Waals surface area contributed by atoms with Gasteiger partial charge in [-0.15, -0.1) is 0 Å². The maximum atomic E-state index is 13.9. The van der Waals surface area contributed by atoms with Crippen molar-refractivity contribution in [2.24, 2.45) is 0 Å². The first-order valence-corrected chi connectivity index (χ1v) is 9.75. The third-order valence-corrected chi connectivity index (χ3v) is 4.90. The van der Waals surface area contributed by atoms with Crippen LogP contribution in [0.4, 0.5) is 24.5 Å². The third-order valence-electron chi connectivity index (χ3n) is 4.19. The highest BCUT2D eigenvalue weighted by Crippen LogP contribution is 2.28. The summed E-state index contributed by atoms with van der Waals surface area (Å²) in [7, 11) is 0. The smallest absolute Gasteiger partial charge is 0.288 e. The molecule has 0 saturated heterocycles. The number of amides is 2. The molecule has 2 N–H and O–H groups in total. The SMILES string of the molecule is Cc1cccc(C(=O)Nc2cccc(SC(F)F)c2)c1NC(=O)c1ccccc1F. The van der Waals surface area contributed by atoms with Crippen molar-refractivity contribution in [1.82, 2.24) is 0 Å². The molecule has 0 atom stereocenters. The van der Waals surface area contributed by atoms with Gasteiger partial charge in [-0.3, -0.25) is 9.59 Å². The molecule has 30 heavy (non-hydrogen) atoms. The average molecular weight is 430 g/mol. The first-order chi connectivity index (χ1) is 14.3. The Bertz CT molecular complexity index is 1090. The topological polar surface area (TPSA) is 58.2 Å². The summed E-state index contributed by atoms with van der Waals surface area (Å²) >= 11 is 0.371. The quantitative estimate of drug-likeness (QED) is 0.475. The maximum absolute atomic E-state index is 13.9. The molecule has 0 aliphatic carbocycles. The Hall–Kier alpha value is -3.26. The first-order valence-electron chi connectivity index (χ1n) is 8.87. The zero-order valence-electron chi connectivity index (χ0n) is 15.8. The number of rotatable bonds is 6. The molecular formula is C22H17F3N2O2S. The zero-order valence-corrected chi connectivity index (χ0v) is 16.6. The van der Waals surface area contributed by atoms with Gasteiger partial charge in [0.25, 0.3) is 17.6 Å². The predicted octanol–water partition coefficient (Wildman–Crippen LogP) is 5.95. The van der Waals surface area contributed by atoms with Gasteiger partial charge in [0.05, 0.1) is 16.8 Å². The summed E-state index contributed by atoms with van der Waals surface area (Å²) in [5.74, 6) is -4.48. The van der Waals surface area contributed by atoms with E-state index in [1.54, 1.807) is 31.2 Å². The molecule has 0 aromatic heterocycles. The fourth-order valence-corrected chi connectivity index (χ4v) is 3.36. The van der Waals surface area contributed by atoms with Crippen LogP contribution in [0.3, 0.4) is 0 Å². The van der Waals surface area contributed by atoms with Crippen LogP contribution in [0, 0.1) is 12.7 Å². The Labute approximate surface area is 175 Å². The van der Waals surface area contributed by atoms with Crippen LogP contribution in [-0.4, -0.2) is 17.6 Å². The highest BCUT2D eigenvalue weighted by Gasteiger charge is 2.18. The van der Waals surface area contributed by atoms with E-state index in [-0.39, 0.29) is 16.8 Å². The Morgan fingerprint density at radius 1 is 0.867 bits per heavy atom. The highest BCUT2D eigenvalue weighted by atomic mass is 32.2. The second kappa shape index (κ2) is 9.49. The van der Waals surface area contributed by atoms with Crippen molar-refractivity contribution < 1.29 is 22.8 Å². The summed E-state index contributed by atoms with van der Waals surface area (Å²) in [6.45, 7) is 1.70. The summed E-state index contributed by atoms with van der Waals surface area (Å²) in [5.41, 5.74) is 1.18. The summed E-state index contributed by atoms with van der Waals surface area (Å²) in [6.07, 6.45) is 0. The molecule has 0 heterocycles. The number of hydrogen-bond donors (Lipinski definition) is 2. The number of nitrogens with one attached hydrogen (secondary N) is 2. The molecule has 0 aliphatic rings. The molecule has 0 fully saturated rings. The van der Waals surface area contributed by atoms with E-state index in [1.807, 2.05) is 0 Å². The molecule has 0 saturated carbocycles. The van der Waals surface area contributed by atoms with Crippen molar-refractivity contribution in [1.29, 1.82) is 0 Å². The van der Waals surface area contributed by atoms with Crippen LogP contribution in [-0.2, 0) is 0 Å². The van der Waals surface area contributed by atoms with Gasteiger partial charge in [0, 0.05) is 10.6 Å². The van der Waals surface area contributed by atoms with Crippen molar-refractivity contribution in [3.05, 3.63) is 89.2 Å². The summed E-state index contributed by atoms with van der Waals surface area (Å²) in [6, 6.07) is 16.4. The second-order valence-corrected chi connectivity index (χ2v) is 7.36. The fourth-order valence-electron chi connectivity index (χ4n) is 2.80. The number of carbonyl (C=O) groups is 2. The van der Waals surface area contributed by atoms with Crippen LogP contribution in [0.25, 0.3) is 0 Å². The molecule has 0 spiro atoms. The van der Waals surface area contributed by atoms with E-state index in [4.69, 9.17) is 0 Å². The Kier molecular flexibility index (Phi) is 6.79. The van der Waals surface area contributed by atoms with Crippen LogP contribution in [0.2, 0.25) is 0 Å². The number of anilines is 2. The van der Waals surface area contributed by atoms with Crippen molar-refractivity contribution >= 4 is 35.0 Å². The Balaban J connectivity index is 1.85. The van der Waals surface area contributed by atoms with Crippen LogP contribution in [0.5, 0.6) is 0 Å². The first kappa shape index (κ1) is 21.4. The molecule has 3 aromatic carbocycles. The number of carbonyl (C=O) groups excluding carboxylic acids is 2. The van der Waals surface area contributed by atoms with Gasteiger partial charge in [0.2, 0.25) is 0 Å². The predicted molar refractivity (Wildman–Crippen MR) is 112 cm³/mol. The fraction of sp³-hybridized carbons (Fsp3) is 0.0909. The normalized spacial score (nSPS) is 10.7. The van der Waals surface area contributed by atoms with E-state index in [0.29, 0.717) is 27.9 Å². The molecule has 3 aromatic rings. The molecule has 4 nitrogen and oxygen atoms in total. The van der Waals surface area contributed by atoms with E-state index in [1.165, 1.54) is 42.5 Å². The maximum Gasteiger partial charge on any atom is 0.288 e. The van der Waals surface area contributed by atoms with Crippen LogP contribution >= 0.6 is 11.8 Å². The van der Waals surface area contributed by atoms with Gasteiger partial charge in [-0.25, -0.2) is 4.39 Å². The van der Waals surface area contributed by atoms with Gasteiger partial charge in [-0.2, -0.15) is 8.78 Å². The third kappa shape index (κ3) is 5.21. The number of para-hydroxylation sites is 1. The van der Waals surface area contributed by atoms with E-state index in [9.17, 15) is 22.8 Å². The number of alkyl halides is 2. The van der Waals surface area contributed by atoms with Gasteiger partial charge < -0.3 is 10.6 Å². The Morgan fingerprint density at radius 3 is 2.27 bits per heavy atom. The largest absolute Gasteiger partial charge is 0.322 e. The van der Waals surface area contributed by atoms with Gasteiger partial charge in [-0.05, 0) is 48.9 Å². The lowest BCUT2D eigenvalue weighted by Crippen LogP contribution is -2.20. The lowest BCUT2D eigenvalue weighted by Gasteiger charge is -2.15. The van der Waals surface area contributed by atoms with Crippen LogP contribution in [0.1, 0.15) is 26.3 Å². The number of halogens is 3. The van der Waals surface area contributed by atoms with Crippen molar-refractivity contribution in [3.63, 3.8) is 0 Å². The number of aryl methyl sites for hydroxylation is 1. The van der Waals surface area contributed by atoms with Crippen molar-refractivity contribution in [2.75, 3.05) is 10.6 Å². The summed E-state index contributed by atoms with van der Waals surface area (Å²) in [4.78, 5) is 25.6. The minimum absolute atomic E-state index is 0.149. The lowest BCUT2D eigenvalue weighted by atomic mass is 10.1.